The van der Waals surface area contributed by atoms with Gasteiger partial charge < -0.3 is 5.32 Å². The third-order valence-corrected chi connectivity index (χ3v) is 6.03. The Labute approximate surface area is 140 Å². The van der Waals surface area contributed by atoms with Crippen LogP contribution >= 0.6 is 62.1 Å². The maximum Gasteiger partial charge on any atom is 0.0781 e. The van der Waals surface area contributed by atoms with Gasteiger partial charge in [0.15, 0.2) is 0 Å². The lowest BCUT2D eigenvalue weighted by Crippen LogP contribution is -2.18. The minimum atomic E-state index is 0.0938. The van der Waals surface area contributed by atoms with E-state index in [1.807, 2.05) is 19.1 Å². The maximum absolute atomic E-state index is 6.22. The number of rotatable bonds is 4. The number of halogens is 4. The molecule has 19 heavy (non-hydrogen) atoms. The van der Waals surface area contributed by atoms with Crippen molar-refractivity contribution in [3.63, 3.8) is 0 Å². The van der Waals surface area contributed by atoms with Crippen LogP contribution in [0.25, 0.3) is 0 Å². The number of benzene rings is 1. The molecule has 0 spiro atoms. The summed E-state index contributed by atoms with van der Waals surface area (Å²) < 4.78 is 1.12. The lowest BCUT2D eigenvalue weighted by atomic mass is 10.1. The molecule has 0 aliphatic heterocycles. The topological polar surface area (TPSA) is 12.0 Å². The van der Waals surface area contributed by atoms with Crippen LogP contribution in [-0.4, -0.2) is 0 Å². The van der Waals surface area contributed by atoms with Gasteiger partial charge in [-0.05, 0) is 45.9 Å². The van der Waals surface area contributed by atoms with Crippen LogP contribution in [0.15, 0.2) is 28.1 Å². The fourth-order valence-corrected chi connectivity index (χ4v) is 3.83. The van der Waals surface area contributed by atoms with Crippen LogP contribution in [0.2, 0.25) is 15.1 Å². The van der Waals surface area contributed by atoms with Crippen LogP contribution in [0.4, 0.5) is 0 Å². The quantitative estimate of drug-likeness (QED) is 0.593. The highest BCUT2D eigenvalue weighted by atomic mass is 79.9. The maximum atomic E-state index is 6.22. The average Bonchev–Trinajstić information content (AvgIpc) is 2.79. The van der Waals surface area contributed by atoms with Gasteiger partial charge in [0.2, 0.25) is 0 Å². The molecule has 1 atom stereocenters. The molecule has 0 aliphatic carbocycles. The standard InChI is InChI=1S/C13H11BrCl3NS/c1-7(18-6-11-9(14)4-5-19-11)8-2-3-10(15)13(17)12(8)16/h2-5,7,18H,6H2,1H3. The Morgan fingerprint density at radius 2 is 1.95 bits per heavy atom. The Morgan fingerprint density at radius 1 is 1.21 bits per heavy atom. The van der Waals surface area contributed by atoms with E-state index in [0.29, 0.717) is 15.1 Å². The highest BCUT2D eigenvalue weighted by Crippen LogP contribution is 2.35. The fourth-order valence-electron chi connectivity index (χ4n) is 1.68. The van der Waals surface area contributed by atoms with Crippen LogP contribution in [-0.2, 0) is 6.54 Å². The van der Waals surface area contributed by atoms with E-state index in [0.717, 1.165) is 16.6 Å². The molecule has 0 amide bonds. The number of nitrogens with one attached hydrogen (secondary N) is 1. The van der Waals surface area contributed by atoms with Gasteiger partial charge in [0.25, 0.3) is 0 Å². The summed E-state index contributed by atoms with van der Waals surface area (Å²) in [5, 5.41) is 6.88. The normalized spacial score (nSPS) is 12.7. The molecule has 0 aliphatic rings. The van der Waals surface area contributed by atoms with Crippen LogP contribution < -0.4 is 5.32 Å². The first-order chi connectivity index (χ1) is 9.00. The molecule has 0 saturated heterocycles. The molecule has 0 radical (unpaired) electrons. The molecule has 0 fully saturated rings. The first-order valence-corrected chi connectivity index (χ1v) is 8.40. The van der Waals surface area contributed by atoms with Crippen molar-refractivity contribution in [2.24, 2.45) is 0 Å². The Balaban J connectivity index is 2.10. The summed E-state index contributed by atoms with van der Waals surface area (Å²) in [4.78, 5) is 1.25. The fraction of sp³-hybridized carbons (Fsp3) is 0.231. The summed E-state index contributed by atoms with van der Waals surface area (Å²) in [6.07, 6.45) is 0. The lowest BCUT2D eigenvalue weighted by Gasteiger charge is -2.16. The first-order valence-electron chi connectivity index (χ1n) is 5.59. The summed E-state index contributed by atoms with van der Waals surface area (Å²) in [5.74, 6) is 0. The van der Waals surface area contributed by atoms with Crippen molar-refractivity contribution in [1.82, 2.24) is 5.32 Å². The summed E-state index contributed by atoms with van der Waals surface area (Å²) in [6, 6.07) is 5.80. The molecule has 1 aromatic heterocycles. The van der Waals surface area contributed by atoms with Gasteiger partial charge in [0.1, 0.15) is 0 Å². The summed E-state index contributed by atoms with van der Waals surface area (Å²) in [5.41, 5.74) is 0.948. The molecule has 1 N–H and O–H groups in total. The zero-order valence-electron chi connectivity index (χ0n) is 10.0. The van der Waals surface area contributed by atoms with Gasteiger partial charge in [-0.15, -0.1) is 11.3 Å². The number of hydrogen-bond donors (Lipinski definition) is 1. The van der Waals surface area contributed by atoms with E-state index in [2.05, 4.69) is 26.6 Å². The van der Waals surface area contributed by atoms with E-state index in [1.54, 1.807) is 17.4 Å². The van der Waals surface area contributed by atoms with Gasteiger partial charge in [-0.2, -0.15) is 0 Å². The summed E-state index contributed by atoms with van der Waals surface area (Å²) in [7, 11) is 0. The van der Waals surface area contributed by atoms with Crippen molar-refractivity contribution in [1.29, 1.82) is 0 Å². The average molecular weight is 400 g/mol. The molecule has 1 unspecified atom stereocenters. The van der Waals surface area contributed by atoms with Gasteiger partial charge in [0, 0.05) is 21.9 Å². The third-order valence-electron chi connectivity index (χ3n) is 2.79. The molecule has 1 nitrogen and oxygen atoms in total. The summed E-state index contributed by atoms with van der Waals surface area (Å²) in [6.45, 7) is 2.82. The Hall–Kier alpha value is 0.230. The smallest absolute Gasteiger partial charge is 0.0781 e. The van der Waals surface area contributed by atoms with E-state index >= 15 is 0 Å². The Bertz CT molecular complexity index is 585. The van der Waals surface area contributed by atoms with E-state index in [-0.39, 0.29) is 6.04 Å². The Morgan fingerprint density at radius 3 is 2.58 bits per heavy atom. The molecule has 1 heterocycles. The predicted molar refractivity (Wildman–Crippen MR) is 88.7 cm³/mol. The second-order valence-corrected chi connectivity index (χ2v) is 7.08. The van der Waals surface area contributed by atoms with Gasteiger partial charge >= 0.3 is 0 Å². The van der Waals surface area contributed by atoms with Gasteiger partial charge in [-0.3, -0.25) is 0 Å². The van der Waals surface area contributed by atoms with E-state index in [1.165, 1.54) is 4.88 Å². The van der Waals surface area contributed by atoms with Crippen molar-refractivity contribution in [3.8, 4) is 0 Å². The molecule has 0 bridgehead atoms. The summed E-state index contributed by atoms with van der Waals surface area (Å²) >= 11 is 23.4. The second kappa shape index (κ2) is 6.79. The second-order valence-electron chi connectivity index (χ2n) is 4.06. The molecular weight excluding hydrogens is 388 g/mol. The van der Waals surface area contributed by atoms with Crippen LogP contribution in [0, 0.1) is 0 Å². The van der Waals surface area contributed by atoms with Gasteiger partial charge in [-0.1, -0.05) is 40.9 Å². The zero-order valence-corrected chi connectivity index (χ0v) is 14.7. The van der Waals surface area contributed by atoms with Crippen LogP contribution in [0.1, 0.15) is 23.4 Å². The minimum absolute atomic E-state index is 0.0938. The largest absolute Gasteiger partial charge is 0.305 e. The Kier molecular flexibility index (Phi) is 5.58. The molecule has 1 aromatic carbocycles. The zero-order chi connectivity index (χ0) is 14.0. The molecule has 102 valence electrons. The first kappa shape index (κ1) is 15.6. The highest BCUT2D eigenvalue weighted by Gasteiger charge is 2.14. The molecule has 2 aromatic rings. The molecule has 2 rings (SSSR count). The number of thiophene rings is 1. The van der Waals surface area contributed by atoms with Crippen molar-refractivity contribution in [2.75, 3.05) is 0 Å². The minimum Gasteiger partial charge on any atom is -0.305 e. The molecular formula is C13H11BrCl3NS. The molecule has 6 heteroatoms. The van der Waals surface area contributed by atoms with Crippen molar-refractivity contribution < 1.29 is 0 Å². The van der Waals surface area contributed by atoms with Crippen LogP contribution in [0.3, 0.4) is 0 Å². The van der Waals surface area contributed by atoms with Gasteiger partial charge in [0.05, 0.1) is 15.1 Å². The van der Waals surface area contributed by atoms with E-state index in [4.69, 9.17) is 34.8 Å². The monoisotopic (exact) mass is 397 g/mol. The van der Waals surface area contributed by atoms with Gasteiger partial charge in [-0.25, -0.2) is 0 Å². The number of hydrogen-bond acceptors (Lipinski definition) is 2. The molecule has 0 saturated carbocycles. The van der Waals surface area contributed by atoms with Crippen molar-refractivity contribution in [3.05, 3.63) is 53.6 Å². The van der Waals surface area contributed by atoms with E-state index < -0.39 is 0 Å². The van der Waals surface area contributed by atoms with E-state index in [9.17, 15) is 0 Å². The lowest BCUT2D eigenvalue weighted by molar-refractivity contribution is 0.578. The van der Waals surface area contributed by atoms with Crippen LogP contribution in [0.5, 0.6) is 0 Å². The van der Waals surface area contributed by atoms with Crippen molar-refractivity contribution in [2.45, 2.75) is 19.5 Å². The SMILES string of the molecule is CC(NCc1sccc1Br)c1ccc(Cl)c(Cl)c1Cl. The highest BCUT2D eigenvalue weighted by molar-refractivity contribution is 9.10. The van der Waals surface area contributed by atoms with Crippen molar-refractivity contribution >= 4 is 62.1 Å². The third kappa shape index (κ3) is 3.66. The predicted octanol–water partition coefficient (Wildman–Crippen LogP) is 6.32.